The van der Waals surface area contributed by atoms with Crippen LogP contribution in [0.2, 0.25) is 0 Å². The van der Waals surface area contributed by atoms with Crippen LogP contribution in [-0.4, -0.2) is 46.7 Å². The second-order valence-electron chi connectivity index (χ2n) is 9.21. The highest BCUT2D eigenvalue weighted by Gasteiger charge is 2.62. The summed E-state index contributed by atoms with van der Waals surface area (Å²) < 4.78 is 23.9. The first kappa shape index (κ1) is 24.4. The molecular weight excluding hydrogens is 471 g/mol. The number of unbranched alkanes of at least 4 members (excludes halogenated alkanes) is 2. The molecule has 0 saturated carbocycles. The third kappa shape index (κ3) is 5.41. The molecule has 164 valence electrons. The van der Waals surface area contributed by atoms with Crippen LogP contribution in [-0.2, 0) is 23.7 Å². The summed E-state index contributed by atoms with van der Waals surface area (Å²) in [6, 6.07) is 0. The number of fused-ring (bicyclic) bond motifs is 1. The average Bonchev–Trinajstić information content (AvgIpc) is 3.14. The molecule has 2 heterocycles. The van der Waals surface area contributed by atoms with E-state index in [1.54, 1.807) is 0 Å². The van der Waals surface area contributed by atoms with Gasteiger partial charge >= 0.3 is 5.97 Å². The van der Waals surface area contributed by atoms with Gasteiger partial charge in [0.1, 0.15) is 12.2 Å². The lowest BCUT2D eigenvalue weighted by Gasteiger charge is -2.34. The van der Waals surface area contributed by atoms with E-state index >= 15 is 0 Å². The van der Waals surface area contributed by atoms with Crippen LogP contribution in [0.4, 0.5) is 0 Å². The molecule has 0 aliphatic carbocycles. The fourth-order valence-electron chi connectivity index (χ4n) is 3.89. The first-order valence-electron chi connectivity index (χ1n) is 10.9. The van der Waals surface area contributed by atoms with Crippen molar-refractivity contribution in [2.75, 3.05) is 13.2 Å². The minimum atomic E-state index is -0.668. The second kappa shape index (κ2) is 9.92. The first-order valence-corrected chi connectivity index (χ1v) is 12.0. The van der Waals surface area contributed by atoms with Crippen LogP contribution in [0.1, 0.15) is 86.5 Å². The Hall–Kier alpha value is 0.0800. The standard InChI is InChI=1S/C22H39IO5/c1-7-10-12-20(4,5)19(24)27-17-15-25-18-16(14-26-22(17,18)23)28-21(6,9-3)13-11-8-2/h16-18H,7-15H2,1-6H3/t16-,17-,18?,21?,22-/m1/s1. The van der Waals surface area contributed by atoms with Gasteiger partial charge in [0.15, 0.2) is 9.71 Å². The Morgan fingerprint density at radius 2 is 1.75 bits per heavy atom. The highest BCUT2D eigenvalue weighted by molar-refractivity contribution is 14.1. The first-order chi connectivity index (χ1) is 13.1. The van der Waals surface area contributed by atoms with Gasteiger partial charge in [-0.2, -0.15) is 0 Å². The van der Waals surface area contributed by atoms with Crippen LogP contribution in [0.5, 0.6) is 0 Å². The molecule has 28 heavy (non-hydrogen) atoms. The fourth-order valence-corrected chi connectivity index (χ4v) is 4.96. The predicted molar refractivity (Wildman–Crippen MR) is 119 cm³/mol. The van der Waals surface area contributed by atoms with Gasteiger partial charge in [-0.1, -0.05) is 46.5 Å². The Morgan fingerprint density at radius 3 is 2.36 bits per heavy atom. The zero-order chi connectivity index (χ0) is 21.0. The number of carbonyl (C=O) groups is 1. The lowest BCUT2D eigenvalue weighted by Crippen LogP contribution is -2.46. The summed E-state index contributed by atoms with van der Waals surface area (Å²) in [6.07, 6.45) is 6.45. The second-order valence-corrected chi connectivity index (χ2v) is 10.9. The SMILES string of the molecule is CCCCC(C)(CC)O[C@@H]1CO[C@@]2(I)C1OC[C@H]2OC(=O)C(C)(C)CCCC. The van der Waals surface area contributed by atoms with Crippen LogP contribution in [0.3, 0.4) is 0 Å². The van der Waals surface area contributed by atoms with E-state index < -0.39 is 15.1 Å². The van der Waals surface area contributed by atoms with Gasteiger partial charge in [-0.3, -0.25) is 4.79 Å². The summed E-state index contributed by atoms with van der Waals surface area (Å²) in [7, 11) is 0. The van der Waals surface area contributed by atoms with Crippen LogP contribution in [0.15, 0.2) is 0 Å². The molecule has 0 aromatic heterocycles. The van der Waals surface area contributed by atoms with Gasteiger partial charge in [-0.15, -0.1) is 0 Å². The number of carbonyl (C=O) groups excluding carboxylic acids is 1. The van der Waals surface area contributed by atoms with Crippen molar-refractivity contribution in [1.82, 2.24) is 0 Å². The van der Waals surface area contributed by atoms with Gasteiger partial charge in [-0.25, -0.2) is 0 Å². The van der Waals surface area contributed by atoms with Crippen molar-refractivity contribution in [2.24, 2.45) is 5.41 Å². The molecule has 2 aliphatic heterocycles. The van der Waals surface area contributed by atoms with Crippen molar-refractivity contribution in [3.8, 4) is 0 Å². The van der Waals surface area contributed by atoms with E-state index in [9.17, 15) is 4.79 Å². The maximum atomic E-state index is 12.8. The molecule has 5 nitrogen and oxygen atoms in total. The monoisotopic (exact) mass is 510 g/mol. The summed E-state index contributed by atoms with van der Waals surface area (Å²) in [5.74, 6) is -0.166. The minimum Gasteiger partial charge on any atom is -0.455 e. The molecule has 2 fully saturated rings. The summed E-state index contributed by atoms with van der Waals surface area (Å²) in [5.41, 5.74) is -0.664. The van der Waals surface area contributed by atoms with E-state index in [0.717, 1.165) is 44.9 Å². The van der Waals surface area contributed by atoms with Crippen molar-refractivity contribution in [2.45, 2.75) is 114 Å². The highest BCUT2D eigenvalue weighted by atomic mass is 127. The molecule has 0 radical (unpaired) electrons. The molecule has 6 heteroatoms. The van der Waals surface area contributed by atoms with Gasteiger partial charge in [0, 0.05) is 0 Å². The van der Waals surface area contributed by atoms with Crippen molar-refractivity contribution in [3.05, 3.63) is 0 Å². The molecular formula is C22H39IO5. The molecule has 5 atom stereocenters. The number of alkyl halides is 1. The van der Waals surface area contributed by atoms with Crippen LogP contribution in [0.25, 0.3) is 0 Å². The van der Waals surface area contributed by atoms with Gasteiger partial charge in [0.05, 0.1) is 24.2 Å². The quantitative estimate of drug-likeness (QED) is 0.211. The molecule has 0 aromatic rings. The van der Waals surface area contributed by atoms with E-state index in [2.05, 4.69) is 50.3 Å². The van der Waals surface area contributed by atoms with E-state index in [4.69, 9.17) is 18.9 Å². The third-order valence-corrected chi connectivity index (χ3v) is 7.88. The van der Waals surface area contributed by atoms with Gasteiger partial charge in [0.2, 0.25) is 0 Å². The third-order valence-electron chi connectivity index (χ3n) is 6.26. The van der Waals surface area contributed by atoms with Gasteiger partial charge in [0.25, 0.3) is 0 Å². The molecule has 0 aromatic carbocycles. The molecule has 2 aliphatic rings. The molecule has 2 rings (SSSR count). The Kier molecular flexibility index (Phi) is 8.63. The molecule has 0 spiro atoms. The Bertz CT molecular complexity index is 525. The number of hydrogen-bond acceptors (Lipinski definition) is 5. The lowest BCUT2D eigenvalue weighted by molar-refractivity contribution is -0.166. The highest BCUT2D eigenvalue weighted by Crippen LogP contribution is 2.47. The zero-order valence-corrected chi connectivity index (χ0v) is 20.7. The number of ether oxygens (including phenoxy) is 4. The molecule has 2 saturated heterocycles. The van der Waals surface area contributed by atoms with E-state index in [0.29, 0.717) is 13.2 Å². The van der Waals surface area contributed by atoms with Crippen LogP contribution >= 0.6 is 22.6 Å². The Labute approximate surface area is 184 Å². The van der Waals surface area contributed by atoms with Crippen LogP contribution < -0.4 is 0 Å². The molecule has 2 unspecified atom stereocenters. The average molecular weight is 510 g/mol. The lowest BCUT2D eigenvalue weighted by atomic mass is 9.87. The van der Waals surface area contributed by atoms with Crippen molar-refractivity contribution in [3.63, 3.8) is 0 Å². The Balaban J connectivity index is 2.01. The maximum Gasteiger partial charge on any atom is 0.311 e. The summed E-state index contributed by atoms with van der Waals surface area (Å²) in [6.45, 7) is 13.4. The van der Waals surface area contributed by atoms with Crippen molar-refractivity contribution >= 4 is 28.6 Å². The molecule has 0 N–H and O–H groups in total. The van der Waals surface area contributed by atoms with Gasteiger partial charge in [-0.05, 0) is 62.6 Å². The summed E-state index contributed by atoms with van der Waals surface area (Å²) >= 11 is 2.27. The topological polar surface area (TPSA) is 54.0 Å². The maximum absolute atomic E-state index is 12.8. The summed E-state index contributed by atoms with van der Waals surface area (Å²) in [4.78, 5) is 12.8. The van der Waals surface area contributed by atoms with Crippen molar-refractivity contribution in [1.29, 1.82) is 0 Å². The van der Waals surface area contributed by atoms with Crippen LogP contribution in [0, 0.1) is 5.41 Å². The van der Waals surface area contributed by atoms with E-state index in [1.807, 2.05) is 13.8 Å². The number of hydrogen-bond donors (Lipinski definition) is 0. The normalized spacial score (nSPS) is 32.2. The zero-order valence-electron chi connectivity index (χ0n) is 18.5. The van der Waals surface area contributed by atoms with E-state index in [1.165, 1.54) is 0 Å². The smallest absolute Gasteiger partial charge is 0.311 e. The molecule has 0 bridgehead atoms. The fraction of sp³-hybridized carbons (Fsp3) is 0.955. The Morgan fingerprint density at radius 1 is 1.11 bits per heavy atom. The van der Waals surface area contributed by atoms with Crippen molar-refractivity contribution < 1.29 is 23.7 Å². The largest absolute Gasteiger partial charge is 0.455 e. The predicted octanol–water partition coefficient (Wildman–Crippen LogP) is 5.42. The number of halogens is 1. The van der Waals surface area contributed by atoms with E-state index in [-0.39, 0.29) is 23.8 Å². The summed E-state index contributed by atoms with van der Waals surface area (Å²) in [5, 5.41) is 0. The number of rotatable bonds is 11. The number of esters is 1. The minimum absolute atomic E-state index is 0.129. The van der Waals surface area contributed by atoms with Gasteiger partial charge < -0.3 is 18.9 Å². The molecule has 0 amide bonds.